The van der Waals surface area contributed by atoms with Crippen molar-refractivity contribution in [3.63, 3.8) is 0 Å². The lowest BCUT2D eigenvalue weighted by Crippen LogP contribution is -2.49. The van der Waals surface area contributed by atoms with E-state index < -0.39 is 11.7 Å². The van der Waals surface area contributed by atoms with E-state index in [1.54, 1.807) is 19.0 Å². The molecule has 31 heavy (non-hydrogen) atoms. The van der Waals surface area contributed by atoms with Crippen LogP contribution in [0.4, 0.5) is 4.79 Å². The van der Waals surface area contributed by atoms with Crippen LogP contribution in [0.25, 0.3) is 0 Å². The van der Waals surface area contributed by atoms with Crippen LogP contribution in [0, 0.1) is 0 Å². The first-order chi connectivity index (χ1) is 14.5. The Balaban J connectivity index is 2.38. The van der Waals surface area contributed by atoms with Crippen molar-refractivity contribution in [3.05, 3.63) is 0 Å². The van der Waals surface area contributed by atoms with Gasteiger partial charge in [0, 0.05) is 46.4 Å². The normalized spacial score (nSPS) is 16.6. The second kappa shape index (κ2) is 13.4. The lowest BCUT2D eigenvalue weighted by molar-refractivity contribution is -0.127. The number of nitrogens with one attached hydrogen (secondary N) is 2. The summed E-state index contributed by atoms with van der Waals surface area (Å²) in [6, 6.07) is 0.291. The summed E-state index contributed by atoms with van der Waals surface area (Å²) >= 11 is 0. The van der Waals surface area contributed by atoms with Gasteiger partial charge in [0.1, 0.15) is 12.1 Å². The lowest BCUT2D eigenvalue weighted by Gasteiger charge is -2.35. The highest BCUT2D eigenvalue weighted by molar-refractivity contribution is 5.85. The van der Waals surface area contributed by atoms with E-state index in [4.69, 9.17) is 9.47 Å². The van der Waals surface area contributed by atoms with E-state index in [1.807, 2.05) is 20.8 Å². The molecule has 180 valence electrons. The molecular weight excluding hydrogens is 398 g/mol. The summed E-state index contributed by atoms with van der Waals surface area (Å²) in [6.45, 7) is 12.7. The third-order valence-corrected chi connectivity index (χ3v) is 4.94. The maximum Gasteiger partial charge on any atom is 0.407 e. The van der Waals surface area contributed by atoms with E-state index in [0.717, 1.165) is 44.7 Å². The van der Waals surface area contributed by atoms with E-state index in [2.05, 4.69) is 34.4 Å². The molecule has 1 saturated heterocycles. The van der Waals surface area contributed by atoms with Gasteiger partial charge in [0.05, 0.1) is 6.10 Å². The van der Waals surface area contributed by atoms with Gasteiger partial charge in [-0.25, -0.2) is 9.79 Å². The Hall–Kier alpha value is -2.03. The monoisotopic (exact) mass is 441 g/mol. The third-order valence-electron chi connectivity index (χ3n) is 4.94. The molecule has 0 bridgehead atoms. The summed E-state index contributed by atoms with van der Waals surface area (Å²) in [4.78, 5) is 31.9. The van der Waals surface area contributed by atoms with Crippen molar-refractivity contribution in [3.8, 4) is 0 Å². The van der Waals surface area contributed by atoms with Crippen LogP contribution >= 0.6 is 0 Å². The molecule has 0 aromatic rings. The molecule has 9 nitrogen and oxygen atoms in total. The van der Waals surface area contributed by atoms with E-state index >= 15 is 0 Å². The number of carbonyl (C=O) groups is 2. The summed E-state index contributed by atoms with van der Waals surface area (Å²) in [5, 5.41) is 6.19. The molecule has 1 rings (SSSR count). The van der Waals surface area contributed by atoms with Crippen molar-refractivity contribution in [2.45, 2.75) is 78.0 Å². The number of ether oxygens (including phenoxy) is 2. The number of piperidine rings is 1. The number of amides is 2. The van der Waals surface area contributed by atoms with Gasteiger partial charge >= 0.3 is 6.09 Å². The topological polar surface area (TPSA) is 95.5 Å². The average molecular weight is 442 g/mol. The van der Waals surface area contributed by atoms with Gasteiger partial charge in [-0.05, 0) is 53.4 Å². The SMILES string of the molecule is CCC(C)NC(=NCC(=O)N(C)C)N1CCC(OCCCNC(=O)OC(C)(C)C)CC1. The van der Waals surface area contributed by atoms with Crippen LogP contribution in [0.2, 0.25) is 0 Å². The predicted molar refractivity (Wildman–Crippen MR) is 123 cm³/mol. The van der Waals surface area contributed by atoms with Crippen molar-refractivity contribution in [2.24, 2.45) is 4.99 Å². The van der Waals surface area contributed by atoms with Gasteiger partial charge < -0.3 is 29.9 Å². The van der Waals surface area contributed by atoms with Crippen LogP contribution < -0.4 is 10.6 Å². The van der Waals surface area contributed by atoms with Crippen molar-refractivity contribution in [1.29, 1.82) is 0 Å². The van der Waals surface area contributed by atoms with E-state index in [0.29, 0.717) is 19.2 Å². The zero-order valence-corrected chi connectivity index (χ0v) is 20.5. The van der Waals surface area contributed by atoms with E-state index in [1.165, 1.54) is 0 Å². The van der Waals surface area contributed by atoms with E-state index in [-0.39, 0.29) is 18.6 Å². The Morgan fingerprint density at radius 3 is 2.42 bits per heavy atom. The van der Waals surface area contributed by atoms with Gasteiger partial charge in [0.2, 0.25) is 5.91 Å². The maximum absolute atomic E-state index is 11.9. The van der Waals surface area contributed by atoms with Crippen LogP contribution in [0.1, 0.15) is 60.3 Å². The molecule has 0 spiro atoms. The van der Waals surface area contributed by atoms with Crippen LogP contribution in [0.3, 0.4) is 0 Å². The molecule has 0 radical (unpaired) electrons. The van der Waals surface area contributed by atoms with E-state index in [9.17, 15) is 9.59 Å². The van der Waals surface area contributed by atoms with Crippen LogP contribution in [0.5, 0.6) is 0 Å². The maximum atomic E-state index is 11.9. The highest BCUT2D eigenvalue weighted by Crippen LogP contribution is 2.14. The van der Waals surface area contributed by atoms with Gasteiger partial charge in [0.15, 0.2) is 5.96 Å². The number of guanidine groups is 1. The quantitative estimate of drug-likeness (QED) is 0.324. The number of likely N-dealkylation sites (N-methyl/N-ethyl adjacent to an activating group) is 1. The minimum absolute atomic E-state index is 0.0124. The summed E-state index contributed by atoms with van der Waals surface area (Å²) in [6.07, 6.45) is 3.34. The Morgan fingerprint density at radius 1 is 1.23 bits per heavy atom. The molecule has 2 amide bonds. The van der Waals surface area contributed by atoms with Gasteiger partial charge in [-0.1, -0.05) is 6.92 Å². The minimum atomic E-state index is -0.486. The van der Waals surface area contributed by atoms with Crippen molar-refractivity contribution < 1.29 is 19.1 Å². The minimum Gasteiger partial charge on any atom is -0.444 e. The van der Waals surface area contributed by atoms with Crippen molar-refractivity contribution in [2.75, 3.05) is 46.9 Å². The fraction of sp³-hybridized carbons (Fsp3) is 0.864. The van der Waals surface area contributed by atoms with Gasteiger partial charge in [-0.2, -0.15) is 0 Å². The van der Waals surface area contributed by atoms with Gasteiger partial charge in [0.25, 0.3) is 0 Å². The number of hydrogen-bond acceptors (Lipinski definition) is 5. The Labute approximate surface area is 187 Å². The summed E-state index contributed by atoms with van der Waals surface area (Å²) < 4.78 is 11.2. The number of nitrogens with zero attached hydrogens (tertiary/aromatic N) is 3. The lowest BCUT2D eigenvalue weighted by atomic mass is 10.1. The Morgan fingerprint density at radius 2 is 1.87 bits per heavy atom. The van der Waals surface area contributed by atoms with Gasteiger partial charge in [-0.3, -0.25) is 4.79 Å². The fourth-order valence-corrected chi connectivity index (χ4v) is 2.90. The molecule has 1 unspecified atom stereocenters. The number of hydrogen-bond donors (Lipinski definition) is 2. The molecule has 0 saturated carbocycles. The van der Waals surface area contributed by atoms with Crippen LogP contribution in [-0.2, 0) is 14.3 Å². The molecule has 1 aliphatic heterocycles. The van der Waals surface area contributed by atoms with Crippen LogP contribution in [-0.4, -0.2) is 92.4 Å². The number of likely N-dealkylation sites (tertiary alicyclic amines) is 1. The molecule has 0 aromatic heterocycles. The highest BCUT2D eigenvalue weighted by atomic mass is 16.6. The largest absolute Gasteiger partial charge is 0.444 e. The van der Waals surface area contributed by atoms with Gasteiger partial charge in [-0.15, -0.1) is 0 Å². The summed E-state index contributed by atoms with van der Waals surface area (Å²) in [5.74, 6) is 0.784. The molecule has 1 atom stereocenters. The summed E-state index contributed by atoms with van der Waals surface area (Å²) in [5.41, 5.74) is -0.486. The smallest absolute Gasteiger partial charge is 0.407 e. The summed E-state index contributed by atoms with van der Waals surface area (Å²) in [7, 11) is 3.48. The number of carbonyl (C=O) groups excluding carboxylic acids is 2. The second-order valence-corrected chi connectivity index (χ2v) is 9.22. The predicted octanol–water partition coefficient (Wildman–Crippen LogP) is 2.21. The fourth-order valence-electron chi connectivity index (χ4n) is 2.90. The molecule has 0 aromatic carbocycles. The molecule has 2 N–H and O–H groups in total. The molecule has 0 aliphatic carbocycles. The molecule has 1 aliphatic rings. The molecule has 9 heteroatoms. The standard InChI is InChI=1S/C22H43N5O4/c1-8-17(2)25-20(24-16-19(28)26(6)7)27-13-10-18(11-14-27)30-15-9-12-23-21(29)31-22(3,4)5/h17-18H,8-16H2,1-7H3,(H,23,29)(H,24,25). The van der Waals surface area contributed by atoms with Crippen molar-refractivity contribution >= 4 is 18.0 Å². The zero-order chi connectivity index (χ0) is 23.4. The highest BCUT2D eigenvalue weighted by Gasteiger charge is 2.23. The molecular formula is C22H43N5O4. The Kier molecular flexibility index (Phi) is 11.7. The Bertz CT molecular complexity index is 581. The first-order valence-electron chi connectivity index (χ1n) is 11.4. The first-order valence-corrected chi connectivity index (χ1v) is 11.4. The third kappa shape index (κ3) is 11.8. The average Bonchev–Trinajstić information content (AvgIpc) is 2.69. The molecule has 1 heterocycles. The second-order valence-electron chi connectivity index (χ2n) is 9.22. The number of rotatable bonds is 9. The van der Waals surface area contributed by atoms with Crippen LogP contribution in [0.15, 0.2) is 4.99 Å². The first kappa shape index (κ1) is 27.0. The number of alkyl carbamates (subject to hydrolysis) is 1. The van der Waals surface area contributed by atoms with Crippen molar-refractivity contribution in [1.82, 2.24) is 20.4 Å². The molecule has 1 fully saturated rings. The zero-order valence-electron chi connectivity index (χ0n) is 20.5. The number of aliphatic imine (C=N–C) groups is 1.